The van der Waals surface area contributed by atoms with Gasteiger partial charge in [0.15, 0.2) is 0 Å². The van der Waals surface area contributed by atoms with E-state index in [9.17, 15) is 0 Å². The largest absolute Gasteiger partial charge is 0.312 e. The minimum absolute atomic E-state index is 0.277. The van der Waals surface area contributed by atoms with E-state index >= 15 is 0 Å². The van der Waals surface area contributed by atoms with Crippen molar-refractivity contribution in [2.75, 3.05) is 19.6 Å². The zero-order valence-corrected chi connectivity index (χ0v) is 12.6. The van der Waals surface area contributed by atoms with Crippen LogP contribution >= 0.6 is 0 Å². The van der Waals surface area contributed by atoms with Crippen LogP contribution in [0.5, 0.6) is 0 Å². The summed E-state index contributed by atoms with van der Waals surface area (Å²) >= 11 is 0. The molecule has 0 bridgehead atoms. The molecule has 1 aliphatic heterocycles. The highest BCUT2D eigenvalue weighted by molar-refractivity contribution is 4.79. The molecule has 0 amide bonds. The van der Waals surface area contributed by atoms with Gasteiger partial charge in [-0.2, -0.15) is 0 Å². The van der Waals surface area contributed by atoms with Crippen molar-refractivity contribution in [3.05, 3.63) is 0 Å². The molecular formula is C15H32N2. The standard InChI is InChI=1S/C15H32N2/c1-13-11-14(2)17(12-13)10-8-6-7-9-16-15(3,4)5/h13-14,16H,6-12H2,1-5H3. The molecule has 0 aliphatic carbocycles. The molecule has 0 aromatic carbocycles. The molecule has 1 N–H and O–H groups in total. The Labute approximate surface area is 108 Å². The maximum atomic E-state index is 3.55. The van der Waals surface area contributed by atoms with Gasteiger partial charge in [-0.05, 0) is 66.0 Å². The molecule has 1 rings (SSSR count). The van der Waals surface area contributed by atoms with Crippen LogP contribution in [0.2, 0.25) is 0 Å². The first-order valence-corrected chi connectivity index (χ1v) is 7.37. The fraction of sp³-hybridized carbons (Fsp3) is 1.00. The second-order valence-corrected chi connectivity index (χ2v) is 6.92. The lowest BCUT2D eigenvalue weighted by molar-refractivity contribution is 0.258. The topological polar surface area (TPSA) is 15.3 Å². The first kappa shape index (κ1) is 15.0. The number of nitrogens with zero attached hydrogens (tertiary/aromatic N) is 1. The van der Waals surface area contributed by atoms with Gasteiger partial charge in [-0.15, -0.1) is 0 Å². The van der Waals surface area contributed by atoms with Crippen molar-refractivity contribution in [1.82, 2.24) is 10.2 Å². The van der Waals surface area contributed by atoms with Gasteiger partial charge >= 0.3 is 0 Å². The van der Waals surface area contributed by atoms with E-state index in [0.717, 1.165) is 18.5 Å². The number of hydrogen-bond donors (Lipinski definition) is 1. The van der Waals surface area contributed by atoms with Crippen LogP contribution in [0, 0.1) is 5.92 Å². The molecule has 2 unspecified atom stereocenters. The lowest BCUT2D eigenvalue weighted by Gasteiger charge is -2.22. The van der Waals surface area contributed by atoms with E-state index in [1.165, 1.54) is 38.8 Å². The van der Waals surface area contributed by atoms with Gasteiger partial charge in [0.05, 0.1) is 0 Å². The van der Waals surface area contributed by atoms with Crippen LogP contribution in [0.15, 0.2) is 0 Å². The molecule has 0 radical (unpaired) electrons. The van der Waals surface area contributed by atoms with Crippen LogP contribution < -0.4 is 5.32 Å². The average molecular weight is 240 g/mol. The van der Waals surface area contributed by atoms with E-state index < -0.39 is 0 Å². The highest BCUT2D eigenvalue weighted by Gasteiger charge is 2.24. The van der Waals surface area contributed by atoms with Crippen molar-refractivity contribution < 1.29 is 0 Å². The minimum atomic E-state index is 0.277. The predicted molar refractivity (Wildman–Crippen MR) is 76.4 cm³/mol. The summed E-state index contributed by atoms with van der Waals surface area (Å²) in [7, 11) is 0. The third kappa shape index (κ3) is 6.42. The summed E-state index contributed by atoms with van der Waals surface area (Å²) in [5, 5.41) is 3.55. The number of nitrogens with one attached hydrogen (secondary N) is 1. The smallest absolute Gasteiger partial charge is 0.00965 e. The molecule has 2 nitrogen and oxygen atoms in total. The fourth-order valence-electron chi connectivity index (χ4n) is 2.78. The molecule has 0 saturated carbocycles. The van der Waals surface area contributed by atoms with Crippen LogP contribution in [0.25, 0.3) is 0 Å². The quantitative estimate of drug-likeness (QED) is 0.717. The molecule has 1 aliphatic rings. The molecule has 2 heteroatoms. The van der Waals surface area contributed by atoms with E-state index in [4.69, 9.17) is 0 Å². The second-order valence-electron chi connectivity index (χ2n) is 6.92. The van der Waals surface area contributed by atoms with Gasteiger partial charge in [-0.3, -0.25) is 0 Å². The molecule has 2 atom stereocenters. The highest BCUT2D eigenvalue weighted by Crippen LogP contribution is 2.22. The van der Waals surface area contributed by atoms with Crippen LogP contribution in [0.3, 0.4) is 0 Å². The molecule has 1 heterocycles. The van der Waals surface area contributed by atoms with E-state index in [-0.39, 0.29) is 5.54 Å². The predicted octanol–water partition coefficient (Wildman–Crippen LogP) is 3.28. The summed E-state index contributed by atoms with van der Waals surface area (Å²) in [6.45, 7) is 15.3. The van der Waals surface area contributed by atoms with Crippen LogP contribution in [0.1, 0.15) is 60.3 Å². The van der Waals surface area contributed by atoms with E-state index in [1.54, 1.807) is 0 Å². The molecular weight excluding hydrogens is 208 g/mol. The third-order valence-electron chi connectivity index (χ3n) is 3.69. The summed E-state index contributed by atoms with van der Waals surface area (Å²) in [5.74, 6) is 0.910. The van der Waals surface area contributed by atoms with Crippen molar-refractivity contribution in [2.24, 2.45) is 5.92 Å². The van der Waals surface area contributed by atoms with Gasteiger partial charge in [-0.1, -0.05) is 13.3 Å². The van der Waals surface area contributed by atoms with Crippen molar-refractivity contribution in [1.29, 1.82) is 0 Å². The molecule has 1 saturated heterocycles. The number of rotatable bonds is 6. The molecule has 1 fully saturated rings. The Hall–Kier alpha value is -0.0800. The van der Waals surface area contributed by atoms with Gasteiger partial charge in [0.1, 0.15) is 0 Å². The summed E-state index contributed by atoms with van der Waals surface area (Å²) in [5.41, 5.74) is 0.277. The van der Waals surface area contributed by atoms with Crippen molar-refractivity contribution in [3.8, 4) is 0 Å². The number of hydrogen-bond acceptors (Lipinski definition) is 2. The Morgan fingerprint density at radius 3 is 2.35 bits per heavy atom. The Bertz CT molecular complexity index is 207. The number of unbranched alkanes of at least 4 members (excludes halogenated alkanes) is 2. The van der Waals surface area contributed by atoms with Crippen LogP contribution in [-0.2, 0) is 0 Å². The fourth-order valence-corrected chi connectivity index (χ4v) is 2.78. The van der Waals surface area contributed by atoms with Gasteiger partial charge in [0.25, 0.3) is 0 Å². The monoisotopic (exact) mass is 240 g/mol. The average Bonchev–Trinajstić information content (AvgIpc) is 2.49. The van der Waals surface area contributed by atoms with Gasteiger partial charge in [0, 0.05) is 18.1 Å². The molecule has 102 valence electrons. The second kappa shape index (κ2) is 6.75. The molecule has 0 aromatic heterocycles. The van der Waals surface area contributed by atoms with Crippen LogP contribution in [0.4, 0.5) is 0 Å². The summed E-state index contributed by atoms with van der Waals surface area (Å²) in [6.07, 6.45) is 5.43. The van der Waals surface area contributed by atoms with Crippen LogP contribution in [-0.4, -0.2) is 36.1 Å². The van der Waals surface area contributed by atoms with Crippen molar-refractivity contribution >= 4 is 0 Å². The lowest BCUT2D eigenvalue weighted by atomic mass is 10.1. The maximum absolute atomic E-state index is 3.55. The lowest BCUT2D eigenvalue weighted by Crippen LogP contribution is -2.36. The van der Waals surface area contributed by atoms with E-state index in [1.807, 2.05) is 0 Å². The van der Waals surface area contributed by atoms with E-state index in [0.29, 0.717) is 0 Å². The first-order valence-electron chi connectivity index (χ1n) is 7.37. The SMILES string of the molecule is CC1CC(C)N(CCCCCNC(C)(C)C)C1. The summed E-state index contributed by atoms with van der Waals surface area (Å²) in [4.78, 5) is 2.67. The van der Waals surface area contributed by atoms with Crippen molar-refractivity contribution in [2.45, 2.75) is 71.9 Å². The molecule has 0 spiro atoms. The molecule has 17 heavy (non-hydrogen) atoms. The normalized spacial score (nSPS) is 26.6. The summed E-state index contributed by atoms with van der Waals surface area (Å²) in [6, 6.07) is 0.817. The Morgan fingerprint density at radius 2 is 1.82 bits per heavy atom. The highest BCUT2D eigenvalue weighted by atomic mass is 15.2. The first-order chi connectivity index (χ1) is 7.88. The minimum Gasteiger partial charge on any atom is -0.312 e. The van der Waals surface area contributed by atoms with Gasteiger partial charge in [0.2, 0.25) is 0 Å². The van der Waals surface area contributed by atoms with Gasteiger partial charge < -0.3 is 10.2 Å². The third-order valence-corrected chi connectivity index (χ3v) is 3.69. The Balaban J connectivity index is 1.98. The maximum Gasteiger partial charge on any atom is 0.00965 e. The zero-order chi connectivity index (χ0) is 12.9. The zero-order valence-electron chi connectivity index (χ0n) is 12.6. The summed E-state index contributed by atoms with van der Waals surface area (Å²) < 4.78 is 0. The molecule has 0 aromatic rings. The van der Waals surface area contributed by atoms with Gasteiger partial charge in [-0.25, -0.2) is 0 Å². The van der Waals surface area contributed by atoms with Crippen molar-refractivity contribution in [3.63, 3.8) is 0 Å². The Morgan fingerprint density at radius 1 is 1.12 bits per heavy atom. The Kier molecular flexibility index (Phi) is 5.94. The van der Waals surface area contributed by atoms with E-state index in [2.05, 4.69) is 44.8 Å². The number of likely N-dealkylation sites (tertiary alicyclic amines) is 1.